The van der Waals surface area contributed by atoms with Crippen LogP contribution >= 0.6 is 0 Å². The normalized spacial score (nSPS) is 12.6. The molecule has 2 amide bonds. The zero-order valence-electron chi connectivity index (χ0n) is 13.7. The van der Waals surface area contributed by atoms with Crippen LogP contribution in [0.3, 0.4) is 0 Å². The highest BCUT2D eigenvalue weighted by Crippen LogP contribution is 2.01. The fourth-order valence-corrected chi connectivity index (χ4v) is 1.78. The van der Waals surface area contributed by atoms with Crippen molar-refractivity contribution in [3.8, 4) is 0 Å². The first-order valence-corrected chi connectivity index (χ1v) is 7.52. The summed E-state index contributed by atoms with van der Waals surface area (Å²) in [6.45, 7) is 2.85. The number of ether oxygens (including phenoxy) is 2. The SMILES string of the molecule is CCOC(=O)CNC(=O)[C@H](NC(=O)OCc1ccccc1)[C@H](C)O. The zero-order valence-corrected chi connectivity index (χ0v) is 13.7. The largest absolute Gasteiger partial charge is 0.465 e. The number of carbonyl (C=O) groups excluding carboxylic acids is 3. The van der Waals surface area contributed by atoms with Gasteiger partial charge in [-0.3, -0.25) is 9.59 Å². The standard InChI is InChI=1S/C16H22N2O6/c1-3-23-13(20)9-17-15(21)14(11(2)19)18-16(22)24-10-12-7-5-4-6-8-12/h4-8,11,14,19H,3,9-10H2,1-2H3,(H,17,21)(H,18,22)/t11-,14+/m0/s1. The molecule has 0 saturated carbocycles. The summed E-state index contributed by atoms with van der Waals surface area (Å²) < 4.78 is 9.66. The van der Waals surface area contributed by atoms with Gasteiger partial charge in [0.2, 0.25) is 5.91 Å². The average molecular weight is 338 g/mol. The quantitative estimate of drug-likeness (QED) is 0.589. The lowest BCUT2D eigenvalue weighted by molar-refractivity contribution is -0.143. The lowest BCUT2D eigenvalue weighted by Gasteiger charge is -2.20. The summed E-state index contributed by atoms with van der Waals surface area (Å²) >= 11 is 0. The molecule has 132 valence electrons. The highest BCUT2D eigenvalue weighted by atomic mass is 16.5. The molecule has 1 aromatic rings. The predicted molar refractivity (Wildman–Crippen MR) is 84.9 cm³/mol. The molecule has 1 aromatic carbocycles. The molecule has 0 spiro atoms. The monoisotopic (exact) mass is 338 g/mol. The van der Waals surface area contributed by atoms with Crippen molar-refractivity contribution in [1.29, 1.82) is 0 Å². The van der Waals surface area contributed by atoms with Gasteiger partial charge in [0.1, 0.15) is 19.2 Å². The Hall–Kier alpha value is -2.61. The van der Waals surface area contributed by atoms with Crippen LogP contribution in [0.5, 0.6) is 0 Å². The molecular formula is C16H22N2O6. The van der Waals surface area contributed by atoms with Crippen LogP contribution in [-0.2, 0) is 25.7 Å². The van der Waals surface area contributed by atoms with Gasteiger partial charge in [-0.2, -0.15) is 0 Å². The first-order valence-electron chi connectivity index (χ1n) is 7.52. The molecule has 0 radical (unpaired) electrons. The number of hydrogen-bond donors (Lipinski definition) is 3. The molecule has 8 heteroatoms. The fourth-order valence-electron chi connectivity index (χ4n) is 1.78. The summed E-state index contributed by atoms with van der Waals surface area (Å²) in [6.07, 6.45) is -2.02. The van der Waals surface area contributed by atoms with Gasteiger partial charge in [0.15, 0.2) is 0 Å². The third-order valence-corrected chi connectivity index (χ3v) is 2.96. The molecule has 3 N–H and O–H groups in total. The lowest BCUT2D eigenvalue weighted by atomic mass is 10.1. The van der Waals surface area contributed by atoms with Gasteiger partial charge in [-0.05, 0) is 19.4 Å². The number of aliphatic hydroxyl groups excluding tert-OH is 1. The Bertz CT molecular complexity index is 547. The number of alkyl carbamates (subject to hydrolysis) is 1. The number of nitrogens with one attached hydrogen (secondary N) is 2. The topological polar surface area (TPSA) is 114 Å². The Kier molecular flexibility index (Phi) is 8.28. The second kappa shape index (κ2) is 10.2. The van der Waals surface area contributed by atoms with E-state index in [0.717, 1.165) is 5.56 Å². The van der Waals surface area contributed by atoms with Crippen LogP contribution in [0.1, 0.15) is 19.4 Å². The second-order valence-electron chi connectivity index (χ2n) is 4.95. The van der Waals surface area contributed by atoms with Gasteiger partial charge in [0.05, 0.1) is 12.7 Å². The maximum Gasteiger partial charge on any atom is 0.408 e. The van der Waals surface area contributed by atoms with Crippen LogP contribution in [-0.4, -0.2) is 48.4 Å². The van der Waals surface area contributed by atoms with Crippen molar-refractivity contribution in [2.75, 3.05) is 13.2 Å². The molecule has 0 bridgehead atoms. The smallest absolute Gasteiger partial charge is 0.408 e. The molecule has 0 aliphatic heterocycles. The van der Waals surface area contributed by atoms with Gasteiger partial charge in [-0.25, -0.2) is 4.79 Å². The number of amides is 2. The van der Waals surface area contributed by atoms with Crippen LogP contribution in [0.4, 0.5) is 4.79 Å². The molecule has 0 unspecified atom stereocenters. The minimum Gasteiger partial charge on any atom is -0.465 e. The molecular weight excluding hydrogens is 316 g/mol. The first-order chi connectivity index (χ1) is 11.4. The molecule has 0 fully saturated rings. The maximum absolute atomic E-state index is 12.0. The van der Waals surface area contributed by atoms with E-state index < -0.39 is 30.1 Å². The molecule has 0 aliphatic rings. The summed E-state index contributed by atoms with van der Waals surface area (Å²) in [6, 6.07) is 7.76. The number of rotatable bonds is 8. The Morgan fingerprint density at radius 2 is 1.83 bits per heavy atom. The van der Waals surface area contributed by atoms with Crippen molar-refractivity contribution >= 4 is 18.0 Å². The van der Waals surface area contributed by atoms with Gasteiger partial charge in [-0.15, -0.1) is 0 Å². The Balaban J connectivity index is 2.47. The highest BCUT2D eigenvalue weighted by molar-refractivity contribution is 5.88. The predicted octanol–water partition coefficient (Wildman–Crippen LogP) is 0.341. The molecule has 0 heterocycles. The zero-order chi connectivity index (χ0) is 17.9. The molecule has 2 atom stereocenters. The van der Waals surface area contributed by atoms with Crippen molar-refractivity contribution < 1.29 is 29.0 Å². The minimum atomic E-state index is -1.25. The van der Waals surface area contributed by atoms with E-state index in [1.165, 1.54) is 6.92 Å². The maximum atomic E-state index is 12.0. The van der Waals surface area contributed by atoms with Gasteiger partial charge in [-0.1, -0.05) is 30.3 Å². The molecule has 1 rings (SSSR count). The molecule has 0 aliphatic carbocycles. The number of hydrogen-bond acceptors (Lipinski definition) is 6. The van der Waals surface area contributed by atoms with Crippen LogP contribution in [0, 0.1) is 0 Å². The highest BCUT2D eigenvalue weighted by Gasteiger charge is 2.26. The molecule has 24 heavy (non-hydrogen) atoms. The molecule has 0 aromatic heterocycles. The van der Waals surface area contributed by atoms with E-state index in [1.807, 2.05) is 6.07 Å². The van der Waals surface area contributed by atoms with E-state index in [0.29, 0.717) is 0 Å². The van der Waals surface area contributed by atoms with Gasteiger partial charge in [0.25, 0.3) is 0 Å². The van der Waals surface area contributed by atoms with Crippen LogP contribution in [0.2, 0.25) is 0 Å². The number of aliphatic hydroxyl groups is 1. The van der Waals surface area contributed by atoms with Gasteiger partial charge < -0.3 is 25.2 Å². The fraction of sp³-hybridized carbons (Fsp3) is 0.438. The van der Waals surface area contributed by atoms with E-state index in [-0.39, 0.29) is 19.8 Å². The van der Waals surface area contributed by atoms with Gasteiger partial charge >= 0.3 is 12.1 Å². The van der Waals surface area contributed by atoms with Crippen LogP contribution in [0.25, 0.3) is 0 Å². The summed E-state index contributed by atoms with van der Waals surface area (Å²) in [5.74, 6) is -1.32. The van der Waals surface area contributed by atoms with Crippen LogP contribution in [0.15, 0.2) is 30.3 Å². The van der Waals surface area contributed by atoms with E-state index >= 15 is 0 Å². The third kappa shape index (κ3) is 7.10. The molecule has 0 saturated heterocycles. The third-order valence-electron chi connectivity index (χ3n) is 2.96. The van der Waals surface area contributed by atoms with E-state index in [4.69, 9.17) is 4.74 Å². The van der Waals surface area contributed by atoms with Crippen molar-refractivity contribution in [3.05, 3.63) is 35.9 Å². The number of esters is 1. The van der Waals surface area contributed by atoms with Crippen molar-refractivity contribution in [2.24, 2.45) is 0 Å². The minimum absolute atomic E-state index is 0.0314. The first kappa shape index (κ1) is 19.4. The summed E-state index contributed by atoms with van der Waals surface area (Å²) in [4.78, 5) is 34.9. The van der Waals surface area contributed by atoms with E-state index in [9.17, 15) is 19.5 Å². The van der Waals surface area contributed by atoms with E-state index in [2.05, 4.69) is 15.4 Å². The Morgan fingerprint density at radius 1 is 1.17 bits per heavy atom. The summed E-state index contributed by atoms with van der Waals surface area (Å²) in [5, 5.41) is 14.2. The molecule has 8 nitrogen and oxygen atoms in total. The number of carbonyl (C=O) groups is 3. The Labute approximate surface area is 140 Å². The Morgan fingerprint density at radius 3 is 2.42 bits per heavy atom. The van der Waals surface area contributed by atoms with Crippen molar-refractivity contribution in [2.45, 2.75) is 32.6 Å². The second-order valence-corrected chi connectivity index (χ2v) is 4.95. The van der Waals surface area contributed by atoms with Gasteiger partial charge in [0, 0.05) is 0 Å². The van der Waals surface area contributed by atoms with E-state index in [1.54, 1.807) is 31.2 Å². The van der Waals surface area contributed by atoms with Crippen molar-refractivity contribution in [1.82, 2.24) is 10.6 Å². The summed E-state index contributed by atoms with van der Waals surface area (Å²) in [5.41, 5.74) is 0.785. The van der Waals surface area contributed by atoms with Crippen molar-refractivity contribution in [3.63, 3.8) is 0 Å². The summed E-state index contributed by atoms with van der Waals surface area (Å²) in [7, 11) is 0. The average Bonchev–Trinajstić information content (AvgIpc) is 2.56. The lowest BCUT2D eigenvalue weighted by Crippen LogP contribution is -2.53. The van der Waals surface area contributed by atoms with Crippen LogP contribution < -0.4 is 10.6 Å². The number of benzene rings is 1.